The maximum Gasteiger partial charge on any atom is 0.225 e. The molecule has 0 radical (unpaired) electrons. The van der Waals surface area contributed by atoms with Crippen LogP contribution in [0.2, 0.25) is 0 Å². The number of nitrogens with zero attached hydrogens (tertiary/aromatic N) is 1. The standard InChI is InChI=1S/C19H21FN2O3/c1-13-16(5-3-9-24-13)19(23)22-11-14-6-7-18(17(20)10-14)25-15-4-2-8-21-12-15/h2,4,6-8,10,12-13,16H,3,5,9,11H2,1H3,(H,22,23)/t13-,16+/m0/s1. The Bertz CT molecular complexity index is 724. The van der Waals surface area contributed by atoms with Gasteiger partial charge in [0, 0.05) is 19.3 Å². The van der Waals surface area contributed by atoms with Crippen LogP contribution in [0, 0.1) is 11.7 Å². The normalized spacial score (nSPS) is 20.1. The molecule has 5 nitrogen and oxygen atoms in total. The molecular weight excluding hydrogens is 323 g/mol. The van der Waals surface area contributed by atoms with E-state index in [9.17, 15) is 9.18 Å². The summed E-state index contributed by atoms with van der Waals surface area (Å²) in [7, 11) is 0. The van der Waals surface area contributed by atoms with Crippen LogP contribution in [0.5, 0.6) is 11.5 Å². The molecule has 1 fully saturated rings. The Balaban J connectivity index is 1.58. The van der Waals surface area contributed by atoms with E-state index >= 15 is 0 Å². The number of nitrogens with one attached hydrogen (secondary N) is 1. The van der Waals surface area contributed by atoms with E-state index in [-0.39, 0.29) is 30.2 Å². The fraction of sp³-hybridized carbons (Fsp3) is 0.368. The van der Waals surface area contributed by atoms with Gasteiger partial charge < -0.3 is 14.8 Å². The predicted octanol–water partition coefficient (Wildman–Crippen LogP) is 3.44. The number of halogens is 1. The van der Waals surface area contributed by atoms with E-state index in [1.54, 1.807) is 30.5 Å². The lowest BCUT2D eigenvalue weighted by molar-refractivity contribution is -0.133. The van der Waals surface area contributed by atoms with E-state index in [1.165, 1.54) is 12.3 Å². The predicted molar refractivity (Wildman–Crippen MR) is 90.7 cm³/mol. The number of hydrogen-bond acceptors (Lipinski definition) is 4. The lowest BCUT2D eigenvalue weighted by atomic mass is 9.94. The Labute approximate surface area is 146 Å². The number of amides is 1. The summed E-state index contributed by atoms with van der Waals surface area (Å²) in [6, 6.07) is 8.07. The molecule has 1 N–H and O–H groups in total. The van der Waals surface area contributed by atoms with E-state index in [4.69, 9.17) is 9.47 Å². The second-order valence-electron chi connectivity index (χ2n) is 6.10. The highest BCUT2D eigenvalue weighted by molar-refractivity contribution is 5.79. The Morgan fingerprint density at radius 3 is 3.04 bits per heavy atom. The van der Waals surface area contributed by atoms with Crippen LogP contribution < -0.4 is 10.1 Å². The number of hydrogen-bond donors (Lipinski definition) is 1. The first-order chi connectivity index (χ1) is 12.1. The quantitative estimate of drug-likeness (QED) is 0.902. The minimum Gasteiger partial charge on any atom is -0.453 e. The molecule has 0 bridgehead atoms. The van der Waals surface area contributed by atoms with Gasteiger partial charge >= 0.3 is 0 Å². The highest BCUT2D eigenvalue weighted by atomic mass is 19.1. The first-order valence-electron chi connectivity index (χ1n) is 8.39. The Kier molecular flexibility index (Phi) is 5.60. The first-order valence-corrected chi connectivity index (χ1v) is 8.39. The van der Waals surface area contributed by atoms with Crippen molar-refractivity contribution in [1.82, 2.24) is 10.3 Å². The summed E-state index contributed by atoms with van der Waals surface area (Å²) >= 11 is 0. The molecular formula is C19H21FN2O3. The zero-order valence-electron chi connectivity index (χ0n) is 14.1. The zero-order chi connectivity index (χ0) is 17.6. The van der Waals surface area contributed by atoms with Gasteiger partial charge in [0.15, 0.2) is 11.6 Å². The molecule has 0 aliphatic carbocycles. The third-order valence-electron chi connectivity index (χ3n) is 4.27. The Hall–Kier alpha value is -2.47. The summed E-state index contributed by atoms with van der Waals surface area (Å²) in [5.74, 6) is -0.0915. The van der Waals surface area contributed by atoms with Gasteiger partial charge in [-0.05, 0) is 49.6 Å². The van der Waals surface area contributed by atoms with Crippen LogP contribution >= 0.6 is 0 Å². The summed E-state index contributed by atoms with van der Waals surface area (Å²) in [5, 5.41) is 2.86. The van der Waals surface area contributed by atoms with Gasteiger partial charge in [0.1, 0.15) is 5.75 Å². The SMILES string of the molecule is C[C@@H]1OCCC[C@H]1C(=O)NCc1ccc(Oc2cccnc2)c(F)c1. The minimum absolute atomic E-state index is 0.0525. The molecule has 1 aliphatic rings. The van der Waals surface area contributed by atoms with E-state index in [1.807, 2.05) is 6.92 Å². The van der Waals surface area contributed by atoms with Crippen molar-refractivity contribution in [2.75, 3.05) is 6.61 Å². The summed E-state index contributed by atoms with van der Waals surface area (Å²) in [6.07, 6.45) is 4.76. The lowest BCUT2D eigenvalue weighted by Gasteiger charge is -2.28. The van der Waals surface area contributed by atoms with Gasteiger partial charge in [0.2, 0.25) is 5.91 Å². The van der Waals surface area contributed by atoms with Crippen molar-refractivity contribution >= 4 is 5.91 Å². The number of ether oxygens (including phenoxy) is 2. The van der Waals surface area contributed by atoms with Crippen LogP contribution in [0.25, 0.3) is 0 Å². The van der Waals surface area contributed by atoms with Gasteiger partial charge in [0.05, 0.1) is 18.2 Å². The van der Waals surface area contributed by atoms with Gasteiger partial charge in [-0.15, -0.1) is 0 Å². The van der Waals surface area contributed by atoms with Crippen LogP contribution in [-0.2, 0) is 16.1 Å². The summed E-state index contributed by atoms with van der Waals surface area (Å²) in [5.41, 5.74) is 0.675. The molecule has 1 aromatic carbocycles. The van der Waals surface area contributed by atoms with Gasteiger partial charge in [-0.1, -0.05) is 6.07 Å². The highest BCUT2D eigenvalue weighted by Crippen LogP contribution is 2.25. The van der Waals surface area contributed by atoms with Crippen LogP contribution in [0.4, 0.5) is 4.39 Å². The first kappa shape index (κ1) is 17.4. The number of carbonyl (C=O) groups excluding carboxylic acids is 1. The number of aromatic nitrogens is 1. The number of rotatable bonds is 5. The number of carbonyl (C=O) groups is 1. The molecule has 2 atom stereocenters. The molecule has 2 aromatic rings. The summed E-state index contributed by atoms with van der Waals surface area (Å²) in [4.78, 5) is 16.2. The minimum atomic E-state index is -0.482. The van der Waals surface area contributed by atoms with Crippen LogP contribution in [0.3, 0.4) is 0 Å². The van der Waals surface area contributed by atoms with Crippen molar-refractivity contribution in [2.24, 2.45) is 5.92 Å². The second kappa shape index (κ2) is 8.07. The maximum atomic E-state index is 14.2. The van der Waals surface area contributed by atoms with Crippen molar-refractivity contribution in [1.29, 1.82) is 0 Å². The molecule has 132 valence electrons. The topological polar surface area (TPSA) is 60.5 Å². The van der Waals surface area contributed by atoms with Crippen molar-refractivity contribution < 1.29 is 18.7 Å². The van der Waals surface area contributed by atoms with E-state index in [2.05, 4.69) is 10.3 Å². The smallest absolute Gasteiger partial charge is 0.225 e. The molecule has 6 heteroatoms. The molecule has 1 aromatic heterocycles. The molecule has 1 aliphatic heterocycles. The third-order valence-corrected chi connectivity index (χ3v) is 4.27. The fourth-order valence-electron chi connectivity index (χ4n) is 2.86. The van der Waals surface area contributed by atoms with Crippen molar-refractivity contribution in [3.63, 3.8) is 0 Å². The molecule has 1 amide bonds. The van der Waals surface area contributed by atoms with Crippen molar-refractivity contribution in [3.8, 4) is 11.5 Å². The van der Waals surface area contributed by atoms with Crippen LogP contribution in [0.1, 0.15) is 25.3 Å². The Morgan fingerprint density at radius 1 is 1.44 bits per heavy atom. The highest BCUT2D eigenvalue weighted by Gasteiger charge is 2.28. The summed E-state index contributed by atoms with van der Waals surface area (Å²) < 4.78 is 25.2. The molecule has 25 heavy (non-hydrogen) atoms. The van der Waals surface area contributed by atoms with E-state index in [0.717, 1.165) is 12.8 Å². The van der Waals surface area contributed by atoms with Crippen LogP contribution in [-0.4, -0.2) is 23.6 Å². The van der Waals surface area contributed by atoms with Crippen LogP contribution in [0.15, 0.2) is 42.7 Å². The summed E-state index contributed by atoms with van der Waals surface area (Å²) in [6.45, 7) is 2.88. The second-order valence-corrected chi connectivity index (χ2v) is 6.10. The van der Waals surface area contributed by atoms with Crippen molar-refractivity contribution in [3.05, 3.63) is 54.1 Å². The molecule has 0 spiro atoms. The van der Waals surface area contributed by atoms with Gasteiger partial charge in [-0.25, -0.2) is 4.39 Å². The van der Waals surface area contributed by atoms with Gasteiger partial charge in [-0.3, -0.25) is 9.78 Å². The molecule has 2 heterocycles. The van der Waals surface area contributed by atoms with Crippen molar-refractivity contribution in [2.45, 2.75) is 32.4 Å². The van der Waals surface area contributed by atoms with Gasteiger partial charge in [0.25, 0.3) is 0 Å². The number of pyridine rings is 1. The van der Waals surface area contributed by atoms with E-state index in [0.29, 0.717) is 17.9 Å². The number of benzene rings is 1. The molecule has 0 saturated carbocycles. The molecule has 3 rings (SSSR count). The average Bonchev–Trinajstić information content (AvgIpc) is 2.63. The fourth-order valence-corrected chi connectivity index (χ4v) is 2.86. The zero-order valence-corrected chi connectivity index (χ0v) is 14.1. The molecule has 0 unspecified atom stereocenters. The molecule has 1 saturated heterocycles. The lowest BCUT2D eigenvalue weighted by Crippen LogP contribution is -2.39. The monoisotopic (exact) mass is 344 g/mol. The largest absolute Gasteiger partial charge is 0.453 e. The van der Waals surface area contributed by atoms with Gasteiger partial charge in [-0.2, -0.15) is 0 Å². The average molecular weight is 344 g/mol. The third kappa shape index (κ3) is 4.54. The van der Waals surface area contributed by atoms with E-state index < -0.39 is 5.82 Å². The maximum absolute atomic E-state index is 14.2. The Morgan fingerprint density at radius 2 is 2.32 bits per heavy atom.